The number of rotatable bonds is 30. The molecule has 9 saturated heterocycles. The number of carbonyl (C=O) groups is 5. The minimum Gasteiger partial charge on any atom is -0.394 e. The van der Waals surface area contributed by atoms with Crippen molar-refractivity contribution in [1.82, 2.24) is 26.6 Å². The van der Waals surface area contributed by atoms with Crippen molar-refractivity contribution in [1.29, 1.82) is 0 Å². The largest absolute Gasteiger partial charge is 0.394 e. The molecule has 0 spiro atoms. The van der Waals surface area contributed by atoms with Crippen LogP contribution in [0.15, 0.2) is 0 Å². The van der Waals surface area contributed by atoms with Crippen LogP contribution in [0.2, 0.25) is 0 Å². The van der Waals surface area contributed by atoms with E-state index in [0.717, 1.165) is 34.6 Å². The molecule has 9 heterocycles. The van der Waals surface area contributed by atoms with Crippen LogP contribution in [0.25, 0.3) is 0 Å². The predicted octanol–water partition coefficient (Wildman–Crippen LogP) is -19.9. The third kappa shape index (κ3) is 21.3. The van der Waals surface area contributed by atoms with Gasteiger partial charge >= 0.3 is 0 Å². The summed E-state index contributed by atoms with van der Waals surface area (Å²) >= 11 is 0. The second kappa shape index (κ2) is 41.5. The standard InChI is InChI=1S/C64H107N5O46/c1-15(78)65-29-41(90)49(24(10-74)100-56(29)98)109-59-32(68-18(4)81)43(92)51(26(12-76)105-59)112-62-48(97)53(38(87)28(108-62)14-99-63-54(45(94)37(86)23(9-73)104-63)114-57-30(66-16(2)79)39(88)34(83)20(6-70)101-57)113-64-55(115-58-31(67-17(3)80)40(89)35(84)21(7-71)102-58)47(96)52(27(13-77)107-64)110-60-33(69-19(5)82)42(91)50(25(11-75)106-60)111-61-46(95)44(93)36(85)22(8-72)103-61/h20-64,70-77,83-98H,6-14H2,1-5H3,(H,65,78)(H,66,79)(H,67,80)(H,68,81)(H,69,82)/t20-,21-,22-,23-,24-,25-,26-,27-,28-,29-,30-,31-,32-,33-,34-,35-,36+,37-,38-,39-,40-,41-,42-,43-,44+,45+,46-,47+,48+,49-,50-,51-,52-,53+,54+,55+,56-,57+,58+,59+,60+,61+,62+,63+,64-/m1/s1. The number of aliphatic hydroxyl groups excluding tert-OH is 24. The first-order valence-corrected chi connectivity index (χ1v) is 36.6. The van der Waals surface area contributed by atoms with Gasteiger partial charge < -0.3 is 230 Å². The fraction of sp³-hybridized carbons (Fsp3) is 0.922. The van der Waals surface area contributed by atoms with Gasteiger partial charge in [0.25, 0.3) is 0 Å². The van der Waals surface area contributed by atoms with E-state index in [1.54, 1.807) is 0 Å². The van der Waals surface area contributed by atoms with Crippen LogP contribution >= 0.6 is 0 Å². The second-order valence-electron chi connectivity index (χ2n) is 28.9. The van der Waals surface area contributed by atoms with Gasteiger partial charge in [-0.25, -0.2) is 0 Å². The van der Waals surface area contributed by atoms with Crippen molar-refractivity contribution in [2.75, 3.05) is 59.5 Å². The molecule has 115 heavy (non-hydrogen) atoms. The average molecular weight is 1680 g/mol. The number of ether oxygens (including phenoxy) is 17. The van der Waals surface area contributed by atoms with E-state index in [1.807, 2.05) is 0 Å². The highest BCUT2D eigenvalue weighted by Crippen LogP contribution is 2.41. The summed E-state index contributed by atoms with van der Waals surface area (Å²) < 4.78 is 102. The van der Waals surface area contributed by atoms with Crippen molar-refractivity contribution in [2.24, 2.45) is 0 Å². The summed E-state index contributed by atoms with van der Waals surface area (Å²) in [4.78, 5) is 63.6. The first kappa shape index (κ1) is 94.6. The molecule has 45 atom stereocenters. The molecule has 0 aliphatic carbocycles. The van der Waals surface area contributed by atoms with E-state index in [-0.39, 0.29) is 0 Å². The minimum atomic E-state index is -2.63. The van der Waals surface area contributed by atoms with Crippen LogP contribution in [0.5, 0.6) is 0 Å². The van der Waals surface area contributed by atoms with Gasteiger partial charge in [-0.15, -0.1) is 0 Å². The molecule has 0 unspecified atom stereocenters. The molecule has 9 aliphatic rings. The molecule has 5 amide bonds. The molecule has 0 aromatic carbocycles. The Labute approximate surface area is 651 Å². The maximum absolute atomic E-state index is 13.1. The van der Waals surface area contributed by atoms with E-state index >= 15 is 0 Å². The van der Waals surface area contributed by atoms with Gasteiger partial charge in [-0.3, -0.25) is 24.0 Å². The number of carbonyl (C=O) groups excluding carboxylic acids is 5. The average Bonchev–Trinajstić information content (AvgIpc) is 0.754. The van der Waals surface area contributed by atoms with Crippen LogP contribution in [-0.4, -0.2) is 488 Å². The third-order valence-corrected chi connectivity index (χ3v) is 20.8. The molecule has 664 valence electrons. The predicted molar refractivity (Wildman–Crippen MR) is 355 cm³/mol. The van der Waals surface area contributed by atoms with Gasteiger partial charge in [0.2, 0.25) is 29.5 Å². The van der Waals surface area contributed by atoms with Crippen molar-refractivity contribution in [3.05, 3.63) is 0 Å². The zero-order chi connectivity index (χ0) is 84.8. The zero-order valence-corrected chi connectivity index (χ0v) is 62.1. The monoisotopic (exact) mass is 1680 g/mol. The first-order valence-electron chi connectivity index (χ1n) is 36.6. The molecular formula is C64H107N5O46. The molecule has 9 rings (SSSR count). The summed E-state index contributed by atoms with van der Waals surface area (Å²) in [5.41, 5.74) is 0. The first-order chi connectivity index (χ1) is 54.4. The highest BCUT2D eigenvalue weighted by Gasteiger charge is 2.62. The topological polar surface area (TPSA) is 788 Å². The van der Waals surface area contributed by atoms with Crippen LogP contribution in [0, 0.1) is 0 Å². The van der Waals surface area contributed by atoms with Crippen LogP contribution in [0.4, 0.5) is 0 Å². The van der Waals surface area contributed by atoms with Crippen molar-refractivity contribution < 1.29 is 227 Å². The van der Waals surface area contributed by atoms with E-state index in [0.29, 0.717) is 0 Å². The number of hydrogen-bond donors (Lipinski definition) is 29. The Balaban J connectivity index is 1.10. The molecule has 51 nitrogen and oxygen atoms in total. The van der Waals surface area contributed by atoms with Gasteiger partial charge in [0.1, 0.15) is 219 Å². The molecular weight excluding hydrogens is 1570 g/mol. The van der Waals surface area contributed by atoms with Gasteiger partial charge in [0.05, 0.1) is 59.5 Å². The number of hydrogen-bond acceptors (Lipinski definition) is 46. The Morgan fingerprint density at radius 1 is 0.226 bits per heavy atom. The Kier molecular flexibility index (Phi) is 34.1. The van der Waals surface area contributed by atoms with Gasteiger partial charge in [-0.1, -0.05) is 0 Å². The van der Waals surface area contributed by atoms with Gasteiger partial charge in [0, 0.05) is 34.6 Å². The fourth-order valence-electron chi connectivity index (χ4n) is 14.9. The van der Waals surface area contributed by atoms with Crippen molar-refractivity contribution in [2.45, 2.75) is 311 Å². The highest BCUT2D eigenvalue weighted by atomic mass is 16.8. The Morgan fingerprint density at radius 3 is 0.878 bits per heavy atom. The summed E-state index contributed by atoms with van der Waals surface area (Å²) in [6, 6.07) is -9.23. The smallest absolute Gasteiger partial charge is 0.217 e. The van der Waals surface area contributed by atoms with Gasteiger partial charge in [-0.05, 0) is 0 Å². The second-order valence-corrected chi connectivity index (χ2v) is 28.9. The number of amides is 5. The highest BCUT2D eigenvalue weighted by molar-refractivity contribution is 5.75. The lowest BCUT2D eigenvalue weighted by Gasteiger charge is -2.52. The summed E-state index contributed by atoms with van der Waals surface area (Å²) in [5, 5.41) is 280. The van der Waals surface area contributed by atoms with Gasteiger partial charge in [0.15, 0.2) is 56.6 Å². The number of nitrogens with one attached hydrogen (secondary N) is 5. The molecule has 0 aromatic heterocycles. The number of aliphatic hydroxyl groups is 24. The van der Waals surface area contributed by atoms with E-state index in [9.17, 15) is 147 Å². The maximum Gasteiger partial charge on any atom is 0.217 e. The Hall–Kier alpha value is -4.29. The van der Waals surface area contributed by atoms with E-state index < -0.39 is 365 Å². The lowest BCUT2D eigenvalue weighted by molar-refractivity contribution is -0.404. The summed E-state index contributed by atoms with van der Waals surface area (Å²) in [5.74, 6) is -4.50. The maximum atomic E-state index is 13.1. The van der Waals surface area contributed by atoms with Crippen molar-refractivity contribution >= 4 is 29.5 Å². The molecule has 0 radical (unpaired) electrons. The molecule has 51 heteroatoms. The van der Waals surface area contributed by atoms with E-state index in [1.165, 1.54) is 0 Å². The molecule has 0 saturated carbocycles. The normalized spacial score (nSPS) is 47.9. The molecule has 9 aliphatic heterocycles. The zero-order valence-electron chi connectivity index (χ0n) is 62.1. The van der Waals surface area contributed by atoms with Crippen LogP contribution in [0.1, 0.15) is 34.6 Å². The summed E-state index contributed by atoms with van der Waals surface area (Å²) in [6.45, 7) is -5.24. The third-order valence-electron chi connectivity index (χ3n) is 20.8. The summed E-state index contributed by atoms with van der Waals surface area (Å²) in [7, 11) is 0. The molecule has 0 aromatic rings. The summed E-state index contributed by atoms with van der Waals surface area (Å²) in [6.07, 6.45) is -84.1. The van der Waals surface area contributed by atoms with Gasteiger partial charge in [-0.2, -0.15) is 0 Å². The Morgan fingerprint density at radius 2 is 0.487 bits per heavy atom. The Bertz CT molecular complexity index is 3100. The minimum absolute atomic E-state index is 0.794. The SMILES string of the molecule is CC(=O)N[C@@H]1[C@@H](O)[C@H](O[C@@H]2O[C@H](CO)[C@@H](O[C@@H]3O[C@H](CO[C@H]4O[C@H](CO)[C@@H](O)[C@H](O)[C@@H]4O[C@@H]4O[C@H](CO)[C@@H](O)[C@H](O)[C@H]4NC(C)=O)[C@@H](O)[C@H](O[C@H]4O[C@H](CO)[C@@H](O[C@@H]5O[C@H](CO)[C@@H](O[C@@H]6O[C@H](CO)[C@H](O)[C@H](O)[C@H]6O)[C@H](O)[C@H]5NC(C)=O)[C@H](O)[C@@H]4O[C@@H]4O[C@H](CO)[C@@H](O)[C@H](O)[C@H]4NC(C)=O)[C@@H]3O)[C@H](O)[C@H]2NC(C)=O)[C@@H](CO)O[C@H]1O. The van der Waals surface area contributed by atoms with Crippen LogP contribution in [-0.2, 0) is 104 Å². The lowest BCUT2D eigenvalue weighted by Crippen LogP contribution is -2.71. The quantitative estimate of drug-likeness (QED) is 0.0318. The van der Waals surface area contributed by atoms with Crippen molar-refractivity contribution in [3.8, 4) is 0 Å². The van der Waals surface area contributed by atoms with Crippen LogP contribution in [0.3, 0.4) is 0 Å². The lowest BCUT2D eigenvalue weighted by atomic mass is 9.93. The van der Waals surface area contributed by atoms with E-state index in [4.69, 9.17) is 80.5 Å². The molecule has 9 fully saturated rings. The van der Waals surface area contributed by atoms with E-state index in [2.05, 4.69) is 26.6 Å². The molecule has 0 bridgehead atoms. The molecule has 29 N–H and O–H groups in total. The van der Waals surface area contributed by atoms with Crippen molar-refractivity contribution in [3.63, 3.8) is 0 Å². The fourth-order valence-corrected chi connectivity index (χ4v) is 14.9. The van der Waals surface area contributed by atoms with Crippen LogP contribution < -0.4 is 26.6 Å².